The Balaban J connectivity index is -0.0000000673. The Kier molecular flexibility index (Phi) is 44.9. The van der Waals surface area contributed by atoms with Gasteiger partial charge >= 0.3 is 0 Å². The molecule has 0 amide bonds. The smallest absolute Gasteiger partial charge is 0.0359 e. The van der Waals surface area contributed by atoms with E-state index in [1.54, 1.807) is 0 Å². The average molecular weight is 475 g/mol. The van der Waals surface area contributed by atoms with Crippen molar-refractivity contribution in [3.05, 3.63) is 0 Å². The molecule has 1 unspecified atom stereocenters. The Labute approximate surface area is 217 Å². The Hall–Kier alpha value is 0. The summed E-state index contributed by atoms with van der Waals surface area (Å²) in [6.07, 6.45) is 5.21. The van der Waals surface area contributed by atoms with Crippen molar-refractivity contribution in [1.82, 2.24) is 0 Å². The van der Waals surface area contributed by atoms with Crippen LogP contribution < -0.4 is 0 Å². The van der Waals surface area contributed by atoms with Crippen LogP contribution in [0.4, 0.5) is 0 Å². The normalized spacial score (nSPS) is 11.4. The van der Waals surface area contributed by atoms with Crippen molar-refractivity contribution in [1.29, 1.82) is 0 Å². The van der Waals surface area contributed by atoms with E-state index in [0.29, 0.717) is 5.41 Å². The highest BCUT2D eigenvalue weighted by Gasteiger charge is 2.09. The molecule has 0 rings (SSSR count). The van der Waals surface area contributed by atoms with E-state index >= 15 is 0 Å². The highest BCUT2D eigenvalue weighted by atomic mass is 14.2. The van der Waals surface area contributed by atoms with Gasteiger partial charge in [0.2, 0.25) is 0 Å². The summed E-state index contributed by atoms with van der Waals surface area (Å²) in [5.74, 6) is 6.02. The Bertz CT molecular complexity index is 268. The Morgan fingerprint density at radius 3 is 0.636 bits per heavy atom. The number of rotatable bonds is 6. The molecular formula is C33H78. The van der Waals surface area contributed by atoms with E-state index in [-0.39, 0.29) is 0 Å². The lowest BCUT2D eigenvalue weighted by molar-refractivity contribution is 0.338. The third kappa shape index (κ3) is 88.9. The highest BCUT2D eigenvalue weighted by molar-refractivity contribution is 4.61. The van der Waals surface area contributed by atoms with Gasteiger partial charge in [-0.3, -0.25) is 0 Å². The third-order valence-corrected chi connectivity index (χ3v) is 5.85. The molecule has 0 bridgehead atoms. The second kappa shape index (κ2) is 32.0. The zero-order valence-corrected chi connectivity index (χ0v) is 28.4. The number of hydrogen-bond donors (Lipinski definition) is 0. The first-order valence-electron chi connectivity index (χ1n) is 14.7. The summed E-state index contributed by atoms with van der Waals surface area (Å²) in [4.78, 5) is 0. The first-order chi connectivity index (χ1) is 14.7. The first kappa shape index (κ1) is 46.4. The van der Waals surface area contributed by atoms with E-state index in [1.165, 1.54) is 25.7 Å². The quantitative estimate of drug-likeness (QED) is 0.359. The zero-order chi connectivity index (χ0) is 28.4. The van der Waals surface area contributed by atoms with Gasteiger partial charge in [0.25, 0.3) is 0 Å². The second-order valence-electron chi connectivity index (χ2n) is 13.3. The fraction of sp³-hybridized carbons (Fsp3) is 1.00. The van der Waals surface area contributed by atoms with Crippen LogP contribution in [0, 0.1) is 46.8 Å². The van der Waals surface area contributed by atoms with Crippen molar-refractivity contribution in [2.45, 2.75) is 171 Å². The lowest BCUT2D eigenvalue weighted by Gasteiger charge is -2.18. The Morgan fingerprint density at radius 1 is 0.424 bits per heavy atom. The van der Waals surface area contributed by atoms with Crippen LogP contribution in [0.5, 0.6) is 0 Å². The summed E-state index contributed by atoms with van der Waals surface area (Å²) < 4.78 is 0. The molecule has 0 aromatic heterocycles. The molecule has 0 heteroatoms. The maximum Gasteiger partial charge on any atom is -0.0359 e. The monoisotopic (exact) mass is 475 g/mol. The topological polar surface area (TPSA) is 0 Å². The van der Waals surface area contributed by atoms with Crippen LogP contribution in [0.25, 0.3) is 0 Å². The molecule has 0 aliphatic carbocycles. The molecule has 210 valence electrons. The molecule has 0 saturated heterocycles. The predicted molar refractivity (Wildman–Crippen MR) is 164 cm³/mol. The molecule has 0 aliphatic rings. The minimum Gasteiger partial charge on any atom is -0.0651 e. The van der Waals surface area contributed by atoms with Gasteiger partial charge in [-0.25, -0.2) is 0 Å². The van der Waals surface area contributed by atoms with Crippen molar-refractivity contribution in [3.63, 3.8) is 0 Å². The van der Waals surface area contributed by atoms with E-state index in [2.05, 4.69) is 145 Å². The van der Waals surface area contributed by atoms with Gasteiger partial charge < -0.3 is 0 Å². The van der Waals surface area contributed by atoms with Crippen LogP contribution in [0.15, 0.2) is 0 Å². The minimum absolute atomic E-state index is 0.583. The Morgan fingerprint density at radius 2 is 0.636 bits per heavy atom. The van der Waals surface area contributed by atoms with E-state index in [0.717, 1.165) is 41.4 Å². The molecule has 33 heavy (non-hydrogen) atoms. The molecule has 0 aromatic carbocycles. The molecule has 0 saturated carbocycles. The molecule has 0 N–H and O–H groups in total. The van der Waals surface area contributed by atoms with Crippen LogP contribution in [0.2, 0.25) is 0 Å². The van der Waals surface area contributed by atoms with Crippen molar-refractivity contribution in [2.24, 2.45) is 46.8 Å². The molecule has 0 spiro atoms. The molecule has 0 heterocycles. The van der Waals surface area contributed by atoms with Crippen LogP contribution in [-0.2, 0) is 0 Å². The average Bonchev–Trinajstić information content (AvgIpc) is 2.67. The summed E-state index contributed by atoms with van der Waals surface area (Å²) in [5.41, 5.74) is 0.583. The van der Waals surface area contributed by atoms with E-state index in [1.807, 2.05) is 0 Å². The van der Waals surface area contributed by atoms with Gasteiger partial charge in [-0.05, 0) is 46.8 Å². The van der Waals surface area contributed by atoms with Gasteiger partial charge in [-0.1, -0.05) is 171 Å². The van der Waals surface area contributed by atoms with Crippen LogP contribution in [-0.4, -0.2) is 0 Å². The first-order valence-corrected chi connectivity index (χ1v) is 14.7. The number of hydrogen-bond acceptors (Lipinski definition) is 0. The fourth-order valence-electron chi connectivity index (χ4n) is 0.721. The third-order valence-electron chi connectivity index (χ3n) is 5.85. The lowest BCUT2D eigenvalue weighted by Crippen LogP contribution is -2.05. The van der Waals surface area contributed by atoms with Crippen molar-refractivity contribution < 1.29 is 0 Å². The van der Waals surface area contributed by atoms with E-state index < -0.39 is 0 Å². The summed E-state index contributed by atoms with van der Waals surface area (Å²) in [7, 11) is 0. The van der Waals surface area contributed by atoms with E-state index in [4.69, 9.17) is 0 Å². The molecule has 0 nitrogen and oxygen atoms in total. The standard InChI is InChI=1S/2C7H16.C6H14.C5H12.2C4H10/c1-5-7(3,4)6-2;1-5-7(4)6(2)3;1-5(2)6(3)4;1-4-5(2)3;2*1-4(2)3/h5-6H2,1-4H3;6-7H,5H2,1-4H3;5-6H,1-4H3;5H,4H2,1-3H3;2*4H,1-3H3. The van der Waals surface area contributed by atoms with Crippen LogP contribution in [0.3, 0.4) is 0 Å². The van der Waals surface area contributed by atoms with Crippen molar-refractivity contribution in [3.8, 4) is 0 Å². The molecular weight excluding hydrogens is 396 g/mol. The fourth-order valence-corrected chi connectivity index (χ4v) is 0.721. The molecule has 0 radical (unpaired) electrons. The van der Waals surface area contributed by atoms with E-state index in [9.17, 15) is 0 Å². The van der Waals surface area contributed by atoms with Crippen molar-refractivity contribution >= 4 is 0 Å². The largest absolute Gasteiger partial charge is 0.0651 e. The molecule has 1 atom stereocenters. The minimum atomic E-state index is 0.583. The molecule has 0 aliphatic heterocycles. The SMILES string of the molecule is CC(C)C.CC(C)C.CC(C)C(C)C.CCC(C)(C)CC.CCC(C)C.CCC(C)C(C)C. The summed E-state index contributed by atoms with van der Waals surface area (Å²) in [6, 6.07) is 0. The predicted octanol–water partition coefficient (Wildman–Crippen LogP) is 13.2. The van der Waals surface area contributed by atoms with Gasteiger partial charge in [-0.15, -0.1) is 0 Å². The van der Waals surface area contributed by atoms with Crippen LogP contribution in [0.1, 0.15) is 171 Å². The van der Waals surface area contributed by atoms with Gasteiger partial charge in [0.15, 0.2) is 0 Å². The maximum atomic E-state index is 2.30. The van der Waals surface area contributed by atoms with Gasteiger partial charge in [0.05, 0.1) is 0 Å². The summed E-state index contributed by atoms with van der Waals surface area (Å²) >= 11 is 0. The zero-order valence-electron chi connectivity index (χ0n) is 28.4. The van der Waals surface area contributed by atoms with Gasteiger partial charge in [0, 0.05) is 0 Å². The molecule has 0 aromatic rings. The summed E-state index contributed by atoms with van der Waals surface area (Å²) in [6.45, 7) is 46.8. The van der Waals surface area contributed by atoms with Crippen LogP contribution >= 0.6 is 0 Å². The second-order valence-corrected chi connectivity index (χ2v) is 13.3. The van der Waals surface area contributed by atoms with Gasteiger partial charge in [-0.2, -0.15) is 0 Å². The maximum absolute atomic E-state index is 2.30. The highest BCUT2D eigenvalue weighted by Crippen LogP contribution is 2.22. The lowest BCUT2D eigenvalue weighted by atomic mass is 9.88. The van der Waals surface area contributed by atoms with Crippen molar-refractivity contribution in [2.75, 3.05) is 0 Å². The molecule has 0 fully saturated rings. The summed E-state index contributed by atoms with van der Waals surface area (Å²) in [5, 5.41) is 0. The van der Waals surface area contributed by atoms with Gasteiger partial charge in [0.1, 0.15) is 0 Å².